The van der Waals surface area contributed by atoms with Crippen LogP contribution in [0, 0.1) is 0 Å². The number of carbonyl (C=O) groups is 1. The first kappa shape index (κ1) is 19.4. The number of nitrogens with zero attached hydrogens (tertiary/aromatic N) is 2. The van der Waals surface area contributed by atoms with Crippen molar-refractivity contribution in [2.75, 3.05) is 0 Å². The number of nitrogens with one attached hydrogen (secondary N) is 1. The van der Waals surface area contributed by atoms with Crippen LogP contribution in [0.3, 0.4) is 0 Å². The van der Waals surface area contributed by atoms with Gasteiger partial charge in [-0.2, -0.15) is 18.3 Å². The molecule has 0 radical (unpaired) electrons. The topological polar surface area (TPSA) is 53.8 Å². The van der Waals surface area contributed by atoms with Gasteiger partial charge in [-0.25, -0.2) is 0 Å². The molecule has 2 aromatic carbocycles. The molecule has 2 aromatic rings. The molecule has 1 aliphatic heterocycles. The molecule has 1 fully saturated rings. The summed E-state index contributed by atoms with van der Waals surface area (Å²) < 4.78 is 38.4. The second kappa shape index (κ2) is 8.14. The first-order valence-electron chi connectivity index (χ1n) is 7.81. The maximum Gasteiger partial charge on any atom is 0.416 e. The van der Waals surface area contributed by atoms with Crippen LogP contribution < -0.4 is 5.32 Å². The molecular weight excluding hydrogens is 399 g/mol. The molecule has 0 aromatic heterocycles. The Morgan fingerprint density at radius 2 is 1.93 bits per heavy atom. The molecule has 1 heterocycles. The van der Waals surface area contributed by atoms with Crippen LogP contribution >= 0.6 is 23.4 Å². The van der Waals surface area contributed by atoms with Gasteiger partial charge in [-0.3, -0.25) is 4.79 Å². The third kappa shape index (κ3) is 5.33. The molecule has 4 nitrogen and oxygen atoms in total. The zero-order valence-corrected chi connectivity index (χ0v) is 15.3. The van der Waals surface area contributed by atoms with Gasteiger partial charge in [-0.1, -0.05) is 53.7 Å². The van der Waals surface area contributed by atoms with Gasteiger partial charge in [0.05, 0.1) is 17.0 Å². The second-order valence-electron chi connectivity index (χ2n) is 5.70. The van der Waals surface area contributed by atoms with E-state index in [1.54, 1.807) is 30.3 Å². The Hall–Kier alpha value is -2.32. The summed E-state index contributed by atoms with van der Waals surface area (Å²) in [5.41, 5.74) is 0.492. The lowest BCUT2D eigenvalue weighted by atomic mass is 10.1. The summed E-state index contributed by atoms with van der Waals surface area (Å²) in [5, 5.41) is 10.8. The van der Waals surface area contributed by atoms with Crippen LogP contribution in [0.15, 0.2) is 58.7 Å². The first-order valence-corrected chi connectivity index (χ1v) is 9.07. The van der Waals surface area contributed by atoms with Crippen LogP contribution in [0.2, 0.25) is 5.02 Å². The minimum absolute atomic E-state index is 0.167. The molecule has 0 bridgehead atoms. The minimum Gasteiger partial charge on any atom is -0.303 e. The lowest BCUT2D eigenvalue weighted by molar-refractivity contribution is -0.137. The van der Waals surface area contributed by atoms with Crippen molar-refractivity contribution in [2.24, 2.45) is 10.2 Å². The van der Waals surface area contributed by atoms with E-state index in [9.17, 15) is 18.0 Å². The van der Waals surface area contributed by atoms with Gasteiger partial charge >= 0.3 is 6.18 Å². The van der Waals surface area contributed by atoms with E-state index in [2.05, 4.69) is 15.5 Å². The number of thioether (sulfide) groups is 1. The van der Waals surface area contributed by atoms with E-state index in [1.165, 1.54) is 12.3 Å². The van der Waals surface area contributed by atoms with Crippen molar-refractivity contribution in [3.63, 3.8) is 0 Å². The maximum absolute atomic E-state index is 12.8. The summed E-state index contributed by atoms with van der Waals surface area (Å²) in [7, 11) is 0. The van der Waals surface area contributed by atoms with Gasteiger partial charge in [0.2, 0.25) is 5.91 Å². The smallest absolute Gasteiger partial charge is 0.303 e. The summed E-state index contributed by atoms with van der Waals surface area (Å²) in [6, 6.07) is 11.9. The molecule has 9 heteroatoms. The first-order chi connectivity index (χ1) is 12.8. The Morgan fingerprint density at radius 1 is 1.19 bits per heavy atom. The lowest BCUT2D eigenvalue weighted by Gasteiger charge is -2.10. The van der Waals surface area contributed by atoms with E-state index in [4.69, 9.17) is 11.6 Å². The van der Waals surface area contributed by atoms with Crippen molar-refractivity contribution in [3.05, 3.63) is 70.2 Å². The molecule has 3 rings (SSSR count). The Morgan fingerprint density at radius 3 is 2.63 bits per heavy atom. The summed E-state index contributed by atoms with van der Waals surface area (Å²) in [6.45, 7) is 0. The number of amides is 1. The van der Waals surface area contributed by atoms with Crippen molar-refractivity contribution in [3.8, 4) is 0 Å². The fourth-order valence-electron chi connectivity index (χ4n) is 2.37. The van der Waals surface area contributed by atoms with E-state index in [-0.39, 0.29) is 12.3 Å². The van der Waals surface area contributed by atoms with Gasteiger partial charge < -0.3 is 5.32 Å². The van der Waals surface area contributed by atoms with Gasteiger partial charge in [0.1, 0.15) is 0 Å². The predicted octanol–water partition coefficient (Wildman–Crippen LogP) is 4.52. The second-order valence-corrected chi connectivity index (χ2v) is 7.33. The van der Waals surface area contributed by atoms with Crippen LogP contribution in [0.5, 0.6) is 0 Å². The molecule has 1 N–H and O–H groups in total. The number of benzene rings is 2. The van der Waals surface area contributed by atoms with Crippen LogP contribution in [0.4, 0.5) is 13.2 Å². The number of rotatable bonds is 4. The van der Waals surface area contributed by atoms with Gasteiger partial charge in [-0.15, -0.1) is 5.10 Å². The quantitative estimate of drug-likeness (QED) is 0.594. The summed E-state index contributed by atoms with van der Waals surface area (Å²) in [6.07, 6.45) is -2.74. The average molecular weight is 412 g/mol. The van der Waals surface area contributed by atoms with Gasteiger partial charge in [0.15, 0.2) is 5.17 Å². The molecule has 0 spiro atoms. The predicted molar refractivity (Wildman–Crippen MR) is 101 cm³/mol. The minimum atomic E-state index is -4.41. The van der Waals surface area contributed by atoms with Crippen molar-refractivity contribution in [2.45, 2.75) is 17.8 Å². The number of hydrogen-bond donors (Lipinski definition) is 1. The van der Waals surface area contributed by atoms with E-state index in [0.717, 1.165) is 29.5 Å². The fourth-order valence-corrected chi connectivity index (χ4v) is 3.46. The third-order valence-corrected chi connectivity index (χ3v) is 5.00. The van der Waals surface area contributed by atoms with Crippen LogP contribution in [0.1, 0.15) is 16.7 Å². The normalized spacial score (nSPS) is 19.0. The number of halogens is 4. The van der Waals surface area contributed by atoms with E-state index < -0.39 is 17.0 Å². The largest absolute Gasteiger partial charge is 0.416 e. The highest BCUT2D eigenvalue weighted by Gasteiger charge is 2.33. The Balaban J connectivity index is 1.64. The highest BCUT2D eigenvalue weighted by atomic mass is 35.5. The van der Waals surface area contributed by atoms with Crippen LogP contribution in [-0.4, -0.2) is 22.5 Å². The Kier molecular flexibility index (Phi) is 5.86. The molecular formula is C18H13ClF3N3OS. The van der Waals surface area contributed by atoms with Crippen molar-refractivity contribution in [1.82, 2.24) is 5.32 Å². The average Bonchev–Trinajstić information content (AvgIpc) is 2.96. The number of amidine groups is 1. The van der Waals surface area contributed by atoms with Crippen molar-refractivity contribution >= 4 is 40.7 Å². The molecule has 27 heavy (non-hydrogen) atoms. The molecule has 0 aliphatic carbocycles. The van der Waals surface area contributed by atoms with Crippen LogP contribution in [-0.2, 0) is 17.4 Å². The molecule has 140 valence electrons. The lowest BCUT2D eigenvalue weighted by Crippen LogP contribution is -2.26. The van der Waals surface area contributed by atoms with Gasteiger partial charge in [0, 0.05) is 5.02 Å². The molecule has 1 aliphatic rings. The molecule has 0 saturated carbocycles. The third-order valence-electron chi connectivity index (χ3n) is 3.68. The summed E-state index contributed by atoms with van der Waals surface area (Å²) >= 11 is 6.94. The molecule has 0 unspecified atom stereocenters. The fraction of sp³-hybridized carbons (Fsp3) is 0.167. The Labute approximate surface area is 162 Å². The number of alkyl halides is 3. The standard InChI is InChI=1S/C18H13ClF3N3OS/c19-14-6-4-11(5-7-14)10-23-25-17-24-16(26)15(27-17)9-12-2-1-3-13(8-12)18(20,21)22/h1-8,10,15H,9H2,(H,24,25,26)/b23-10-/t15-/m1/s1. The molecule has 1 saturated heterocycles. The number of hydrogen-bond acceptors (Lipinski definition) is 4. The SMILES string of the molecule is O=C1N/C(=N/N=C\c2ccc(Cl)cc2)S[C@@H]1Cc1cccc(C(F)(F)F)c1. The van der Waals surface area contributed by atoms with Gasteiger partial charge in [-0.05, 0) is 35.7 Å². The van der Waals surface area contributed by atoms with E-state index >= 15 is 0 Å². The van der Waals surface area contributed by atoms with E-state index in [0.29, 0.717) is 15.8 Å². The van der Waals surface area contributed by atoms with Crippen molar-refractivity contribution < 1.29 is 18.0 Å². The van der Waals surface area contributed by atoms with Gasteiger partial charge in [0.25, 0.3) is 0 Å². The highest BCUT2D eigenvalue weighted by Crippen LogP contribution is 2.31. The summed E-state index contributed by atoms with van der Waals surface area (Å²) in [4.78, 5) is 12.0. The van der Waals surface area contributed by atoms with Crippen molar-refractivity contribution in [1.29, 1.82) is 0 Å². The number of carbonyl (C=O) groups excluding carboxylic acids is 1. The van der Waals surface area contributed by atoms with E-state index in [1.807, 2.05) is 0 Å². The zero-order chi connectivity index (χ0) is 19.4. The summed E-state index contributed by atoms with van der Waals surface area (Å²) in [5.74, 6) is -0.308. The molecule has 1 atom stereocenters. The maximum atomic E-state index is 12.8. The molecule has 1 amide bonds. The monoisotopic (exact) mass is 411 g/mol. The Bertz CT molecular complexity index is 897. The zero-order valence-electron chi connectivity index (χ0n) is 13.7. The highest BCUT2D eigenvalue weighted by molar-refractivity contribution is 8.15. The van der Waals surface area contributed by atoms with Crippen LogP contribution in [0.25, 0.3) is 0 Å².